The first-order valence-electron chi connectivity index (χ1n) is 9.87. The predicted octanol–water partition coefficient (Wildman–Crippen LogP) is 3.56. The third-order valence-corrected chi connectivity index (χ3v) is 4.68. The summed E-state index contributed by atoms with van der Waals surface area (Å²) in [5.74, 6) is 1.69. The van der Waals surface area contributed by atoms with E-state index in [1.165, 1.54) is 12.1 Å². The van der Waals surface area contributed by atoms with E-state index in [0.717, 1.165) is 41.9 Å². The van der Waals surface area contributed by atoms with Crippen molar-refractivity contribution >= 4 is 22.7 Å². The molecule has 0 amide bonds. The minimum atomic E-state index is -0.406. The molecule has 8 nitrogen and oxygen atoms in total. The van der Waals surface area contributed by atoms with Crippen molar-refractivity contribution in [3.05, 3.63) is 82.7 Å². The second-order valence-electron chi connectivity index (χ2n) is 6.84. The molecule has 3 rings (SSSR count). The molecule has 8 heteroatoms. The van der Waals surface area contributed by atoms with Gasteiger partial charge in [0.05, 0.1) is 22.5 Å². The molecule has 30 heavy (non-hydrogen) atoms. The first kappa shape index (κ1) is 21.0. The normalized spacial score (nSPS) is 11.4. The first-order chi connectivity index (χ1) is 14.6. The zero-order valence-electron chi connectivity index (χ0n) is 17.0. The molecule has 0 aliphatic heterocycles. The van der Waals surface area contributed by atoms with E-state index in [4.69, 9.17) is 0 Å². The third-order valence-electron chi connectivity index (χ3n) is 4.68. The second-order valence-corrected chi connectivity index (χ2v) is 6.84. The Kier molecular flexibility index (Phi) is 7.15. The Hall–Kier alpha value is -3.68. The van der Waals surface area contributed by atoms with Gasteiger partial charge in [0.15, 0.2) is 5.96 Å². The number of nitrogens with one attached hydrogen (secondary N) is 2. The van der Waals surface area contributed by atoms with E-state index in [-0.39, 0.29) is 5.69 Å². The van der Waals surface area contributed by atoms with E-state index in [1.54, 1.807) is 18.2 Å². The molecule has 0 unspecified atom stereocenters. The summed E-state index contributed by atoms with van der Waals surface area (Å²) in [6, 6.07) is 14.6. The minimum absolute atomic E-state index is 0.0770. The van der Waals surface area contributed by atoms with Crippen molar-refractivity contribution in [1.29, 1.82) is 0 Å². The molecule has 0 bridgehead atoms. The fraction of sp³-hybridized carbons (Fsp3) is 0.273. The number of hydrogen-bond donors (Lipinski definition) is 2. The highest BCUT2D eigenvalue weighted by Gasteiger charge is 2.07. The van der Waals surface area contributed by atoms with Crippen LogP contribution >= 0.6 is 0 Å². The number of aromatic nitrogens is 2. The van der Waals surface area contributed by atoms with Crippen molar-refractivity contribution in [1.82, 2.24) is 20.2 Å². The number of fused-ring (bicyclic) bond motifs is 1. The Morgan fingerprint density at radius 3 is 2.73 bits per heavy atom. The second kappa shape index (κ2) is 10.2. The summed E-state index contributed by atoms with van der Waals surface area (Å²) in [6.45, 7) is 8.37. The van der Waals surface area contributed by atoms with Crippen LogP contribution in [0.5, 0.6) is 0 Å². The Morgan fingerprint density at radius 1 is 1.23 bits per heavy atom. The Balaban J connectivity index is 1.56. The van der Waals surface area contributed by atoms with Crippen LogP contribution in [0, 0.1) is 17.0 Å². The standard InChI is InChI=1S/C22H26N6O2/c1-3-13-23-22(25-16-18-9-11-19(12-10-18)28(29)30)24-14-6-15-27-17(2)26-20-7-4-5-8-21(20)27/h3-5,7-12H,1,6,13-16H2,2H3,(H2,23,24,25). The van der Waals surface area contributed by atoms with Crippen LogP contribution < -0.4 is 10.6 Å². The molecule has 1 aromatic heterocycles. The van der Waals surface area contributed by atoms with Crippen LogP contribution in [-0.2, 0) is 13.1 Å². The summed E-state index contributed by atoms with van der Waals surface area (Å²) >= 11 is 0. The predicted molar refractivity (Wildman–Crippen MR) is 120 cm³/mol. The molecule has 0 atom stereocenters. The van der Waals surface area contributed by atoms with Crippen LogP contribution in [-0.4, -0.2) is 33.5 Å². The van der Waals surface area contributed by atoms with Gasteiger partial charge >= 0.3 is 0 Å². The molecule has 0 aliphatic carbocycles. The number of aliphatic imine (C=N–C) groups is 1. The number of imidazole rings is 1. The average molecular weight is 406 g/mol. The highest BCUT2D eigenvalue weighted by Crippen LogP contribution is 2.15. The Bertz CT molecular complexity index is 1040. The minimum Gasteiger partial charge on any atom is -0.356 e. The molecule has 0 aliphatic rings. The molecular formula is C22H26N6O2. The van der Waals surface area contributed by atoms with Gasteiger partial charge in [0.25, 0.3) is 5.69 Å². The van der Waals surface area contributed by atoms with Crippen LogP contribution in [0.3, 0.4) is 0 Å². The summed E-state index contributed by atoms with van der Waals surface area (Å²) in [5.41, 5.74) is 3.14. The fourth-order valence-corrected chi connectivity index (χ4v) is 3.16. The Labute approximate surface area is 175 Å². The number of hydrogen-bond acceptors (Lipinski definition) is 4. The van der Waals surface area contributed by atoms with Crippen LogP contribution in [0.25, 0.3) is 11.0 Å². The van der Waals surface area contributed by atoms with Gasteiger partial charge in [-0.1, -0.05) is 30.3 Å². The SMILES string of the molecule is C=CCNC(=NCc1ccc([N+](=O)[O-])cc1)NCCCn1c(C)nc2ccccc21. The molecule has 2 aromatic carbocycles. The number of rotatable bonds is 9. The maximum Gasteiger partial charge on any atom is 0.269 e. The lowest BCUT2D eigenvalue weighted by Gasteiger charge is -2.12. The van der Waals surface area contributed by atoms with E-state index in [2.05, 4.69) is 37.8 Å². The molecule has 156 valence electrons. The van der Waals surface area contributed by atoms with E-state index in [1.807, 2.05) is 25.1 Å². The maximum atomic E-state index is 10.8. The fourth-order valence-electron chi connectivity index (χ4n) is 3.16. The van der Waals surface area contributed by atoms with Crippen molar-refractivity contribution < 1.29 is 4.92 Å². The number of nitrogens with zero attached hydrogens (tertiary/aromatic N) is 4. The number of nitro groups is 1. The van der Waals surface area contributed by atoms with Gasteiger partial charge < -0.3 is 15.2 Å². The summed E-state index contributed by atoms with van der Waals surface area (Å²) in [4.78, 5) is 19.5. The molecular weight excluding hydrogens is 380 g/mol. The van der Waals surface area contributed by atoms with Gasteiger partial charge in [0, 0.05) is 31.8 Å². The van der Waals surface area contributed by atoms with Crippen molar-refractivity contribution in [2.75, 3.05) is 13.1 Å². The monoisotopic (exact) mass is 406 g/mol. The lowest BCUT2D eigenvalue weighted by molar-refractivity contribution is -0.384. The molecule has 0 radical (unpaired) electrons. The zero-order chi connectivity index (χ0) is 21.3. The van der Waals surface area contributed by atoms with Crippen molar-refractivity contribution in [3.63, 3.8) is 0 Å². The third kappa shape index (κ3) is 5.44. The van der Waals surface area contributed by atoms with Gasteiger partial charge in [-0.05, 0) is 31.0 Å². The van der Waals surface area contributed by atoms with Gasteiger partial charge in [-0.15, -0.1) is 6.58 Å². The van der Waals surface area contributed by atoms with Crippen molar-refractivity contribution in [3.8, 4) is 0 Å². The van der Waals surface area contributed by atoms with Crippen molar-refractivity contribution in [2.45, 2.75) is 26.4 Å². The molecule has 0 spiro atoms. The quantitative estimate of drug-likeness (QED) is 0.141. The van der Waals surface area contributed by atoms with Gasteiger partial charge in [-0.25, -0.2) is 9.98 Å². The van der Waals surface area contributed by atoms with Crippen LogP contribution in [0.2, 0.25) is 0 Å². The molecule has 0 saturated carbocycles. The number of non-ortho nitro benzene ring substituents is 1. The highest BCUT2D eigenvalue weighted by molar-refractivity contribution is 5.80. The summed E-state index contributed by atoms with van der Waals surface area (Å²) in [7, 11) is 0. The van der Waals surface area contributed by atoms with Crippen LogP contribution in [0.1, 0.15) is 17.8 Å². The average Bonchev–Trinajstić information content (AvgIpc) is 3.07. The summed E-state index contributed by atoms with van der Waals surface area (Å²) < 4.78 is 2.22. The molecule has 0 fully saturated rings. The number of para-hydroxylation sites is 2. The number of guanidine groups is 1. The van der Waals surface area contributed by atoms with Crippen LogP contribution in [0.15, 0.2) is 66.2 Å². The lowest BCUT2D eigenvalue weighted by Crippen LogP contribution is -2.38. The topological polar surface area (TPSA) is 97.4 Å². The van der Waals surface area contributed by atoms with E-state index in [0.29, 0.717) is 19.0 Å². The zero-order valence-corrected chi connectivity index (χ0v) is 17.0. The van der Waals surface area contributed by atoms with Gasteiger partial charge in [-0.2, -0.15) is 0 Å². The molecule has 1 heterocycles. The summed E-state index contributed by atoms with van der Waals surface area (Å²) in [6.07, 6.45) is 2.68. The first-order valence-corrected chi connectivity index (χ1v) is 9.87. The van der Waals surface area contributed by atoms with Gasteiger partial charge in [-0.3, -0.25) is 10.1 Å². The van der Waals surface area contributed by atoms with Gasteiger partial charge in [0.1, 0.15) is 5.82 Å². The molecule has 0 saturated heterocycles. The Morgan fingerprint density at radius 2 is 2.00 bits per heavy atom. The van der Waals surface area contributed by atoms with E-state index < -0.39 is 4.92 Å². The van der Waals surface area contributed by atoms with Gasteiger partial charge in [0.2, 0.25) is 0 Å². The molecule has 2 N–H and O–H groups in total. The largest absolute Gasteiger partial charge is 0.356 e. The molecule has 3 aromatic rings. The summed E-state index contributed by atoms with van der Waals surface area (Å²) in [5, 5.41) is 17.3. The maximum absolute atomic E-state index is 10.8. The number of nitro benzene ring substituents is 1. The van der Waals surface area contributed by atoms with E-state index >= 15 is 0 Å². The number of benzene rings is 2. The lowest BCUT2D eigenvalue weighted by atomic mass is 10.2. The highest BCUT2D eigenvalue weighted by atomic mass is 16.6. The smallest absolute Gasteiger partial charge is 0.269 e. The van der Waals surface area contributed by atoms with Crippen molar-refractivity contribution in [2.24, 2.45) is 4.99 Å². The van der Waals surface area contributed by atoms with Crippen LogP contribution in [0.4, 0.5) is 5.69 Å². The number of aryl methyl sites for hydroxylation is 2. The van der Waals surface area contributed by atoms with E-state index in [9.17, 15) is 10.1 Å².